The second kappa shape index (κ2) is 3.81. The van der Waals surface area contributed by atoms with Crippen molar-refractivity contribution in [2.45, 2.75) is 11.6 Å². The molecule has 15 heavy (non-hydrogen) atoms. The van der Waals surface area contributed by atoms with Crippen molar-refractivity contribution in [1.82, 2.24) is 9.97 Å². The van der Waals surface area contributed by atoms with Crippen molar-refractivity contribution in [2.75, 3.05) is 6.26 Å². The molecule has 0 fully saturated rings. The summed E-state index contributed by atoms with van der Waals surface area (Å²) in [6, 6.07) is 0. The Morgan fingerprint density at radius 2 is 2.20 bits per heavy atom. The molecule has 1 aromatic heterocycles. The number of carboxylic acids is 1. The molecule has 0 saturated heterocycles. The summed E-state index contributed by atoms with van der Waals surface area (Å²) in [7, 11) is -3.58. The molecular weight excluding hydrogens is 224 g/mol. The fourth-order valence-electron chi connectivity index (χ4n) is 0.882. The van der Waals surface area contributed by atoms with Crippen LogP contribution in [0.4, 0.5) is 0 Å². The molecule has 2 N–H and O–H groups in total. The Bertz CT molecular complexity index is 545. The number of aromatic amines is 1. The van der Waals surface area contributed by atoms with Gasteiger partial charge in [-0.25, -0.2) is 13.4 Å². The van der Waals surface area contributed by atoms with Crippen LogP contribution in [0.15, 0.2) is 16.1 Å². The first-order valence-electron chi connectivity index (χ1n) is 3.81. The molecule has 0 aliphatic rings. The van der Waals surface area contributed by atoms with E-state index in [1.54, 1.807) is 0 Å². The average Bonchev–Trinajstić information content (AvgIpc) is 2.05. The summed E-state index contributed by atoms with van der Waals surface area (Å²) in [5.41, 5.74) is -0.845. The van der Waals surface area contributed by atoms with Crippen molar-refractivity contribution in [3.63, 3.8) is 0 Å². The molecule has 0 amide bonds. The lowest BCUT2D eigenvalue weighted by atomic mass is 10.2. The van der Waals surface area contributed by atoms with Crippen LogP contribution >= 0.6 is 0 Å². The van der Waals surface area contributed by atoms with Gasteiger partial charge >= 0.3 is 5.97 Å². The number of rotatable bonds is 3. The smallest absolute Gasteiger partial charge is 0.308 e. The zero-order valence-electron chi connectivity index (χ0n) is 7.72. The van der Waals surface area contributed by atoms with Crippen LogP contribution in [0, 0.1) is 0 Å². The number of aliphatic carboxylic acids is 1. The number of carboxylic acid groups (broad SMARTS) is 1. The Morgan fingerprint density at radius 3 is 2.60 bits per heavy atom. The van der Waals surface area contributed by atoms with E-state index in [1.807, 2.05) is 4.98 Å². The normalized spacial score (nSPS) is 11.3. The van der Waals surface area contributed by atoms with Gasteiger partial charge in [-0.15, -0.1) is 0 Å². The van der Waals surface area contributed by atoms with Crippen molar-refractivity contribution in [3.8, 4) is 0 Å². The van der Waals surface area contributed by atoms with E-state index >= 15 is 0 Å². The van der Waals surface area contributed by atoms with E-state index in [0.29, 0.717) is 0 Å². The fourth-order valence-corrected chi connectivity index (χ4v) is 1.40. The summed E-state index contributed by atoms with van der Waals surface area (Å²) in [6.07, 6.45) is 1.35. The molecule has 0 aliphatic carbocycles. The van der Waals surface area contributed by atoms with Gasteiger partial charge in [0.15, 0.2) is 0 Å². The first kappa shape index (κ1) is 11.4. The van der Waals surface area contributed by atoms with Crippen LogP contribution in [0.5, 0.6) is 0 Å². The zero-order valence-corrected chi connectivity index (χ0v) is 8.54. The second-order valence-electron chi connectivity index (χ2n) is 2.89. The van der Waals surface area contributed by atoms with E-state index in [2.05, 4.69) is 4.98 Å². The van der Waals surface area contributed by atoms with Crippen molar-refractivity contribution < 1.29 is 18.3 Å². The summed E-state index contributed by atoms with van der Waals surface area (Å²) in [5, 5.41) is 7.95. The number of nitrogens with one attached hydrogen (secondary N) is 1. The predicted molar refractivity (Wildman–Crippen MR) is 49.3 cm³/mol. The first-order valence-corrected chi connectivity index (χ1v) is 5.70. The van der Waals surface area contributed by atoms with Crippen LogP contribution in [-0.2, 0) is 21.1 Å². The van der Waals surface area contributed by atoms with Crippen LogP contribution in [0.25, 0.3) is 0 Å². The van der Waals surface area contributed by atoms with E-state index in [0.717, 1.165) is 12.5 Å². The van der Waals surface area contributed by atoms with E-state index < -0.39 is 32.9 Å². The molecule has 82 valence electrons. The summed E-state index contributed by atoms with van der Waals surface area (Å²) >= 11 is 0. The van der Waals surface area contributed by atoms with Gasteiger partial charge in [0.2, 0.25) is 15.0 Å². The highest BCUT2D eigenvalue weighted by molar-refractivity contribution is 7.90. The molecular formula is C7H8N2O5S. The van der Waals surface area contributed by atoms with Crippen molar-refractivity contribution in [2.24, 2.45) is 0 Å². The monoisotopic (exact) mass is 232 g/mol. The Labute approximate surface area is 84.7 Å². The molecule has 0 saturated carbocycles. The van der Waals surface area contributed by atoms with Gasteiger partial charge in [0.1, 0.15) is 0 Å². The lowest BCUT2D eigenvalue weighted by Gasteiger charge is -1.98. The van der Waals surface area contributed by atoms with Gasteiger partial charge < -0.3 is 5.11 Å². The molecule has 1 heterocycles. The Hall–Kier alpha value is -1.70. The predicted octanol–water partition coefficient (Wildman–Crippen LogP) is -1.20. The van der Waals surface area contributed by atoms with Gasteiger partial charge in [-0.1, -0.05) is 0 Å². The molecule has 0 aliphatic heterocycles. The third-order valence-electron chi connectivity index (χ3n) is 1.54. The SMILES string of the molecule is CS(=O)(=O)c1ncc(CC(=O)O)c(=O)[nH]1. The summed E-state index contributed by atoms with van der Waals surface area (Å²) < 4.78 is 21.9. The molecule has 1 aromatic rings. The van der Waals surface area contributed by atoms with Gasteiger partial charge in [0.05, 0.1) is 6.42 Å². The highest BCUT2D eigenvalue weighted by Gasteiger charge is 2.12. The summed E-state index contributed by atoms with van der Waals surface area (Å²) in [4.78, 5) is 27.0. The maximum atomic E-state index is 11.2. The highest BCUT2D eigenvalue weighted by atomic mass is 32.2. The molecule has 7 nitrogen and oxygen atoms in total. The summed E-state index contributed by atoms with van der Waals surface area (Å²) in [6.45, 7) is 0. The van der Waals surface area contributed by atoms with Gasteiger partial charge in [-0.05, 0) is 0 Å². The fraction of sp³-hybridized carbons (Fsp3) is 0.286. The number of sulfone groups is 1. The third-order valence-corrected chi connectivity index (χ3v) is 2.45. The van der Waals surface area contributed by atoms with Gasteiger partial charge in [0, 0.05) is 18.0 Å². The first-order chi connectivity index (χ1) is 6.80. The molecule has 0 bridgehead atoms. The van der Waals surface area contributed by atoms with Crippen LogP contribution in [0.2, 0.25) is 0 Å². The molecule has 8 heteroatoms. The van der Waals surface area contributed by atoms with E-state index in [9.17, 15) is 18.0 Å². The van der Waals surface area contributed by atoms with Gasteiger partial charge in [-0.3, -0.25) is 14.6 Å². The number of hydrogen-bond acceptors (Lipinski definition) is 5. The Kier molecular flexibility index (Phi) is 2.89. The zero-order chi connectivity index (χ0) is 11.6. The van der Waals surface area contributed by atoms with Crippen LogP contribution < -0.4 is 5.56 Å². The largest absolute Gasteiger partial charge is 0.481 e. The number of aromatic nitrogens is 2. The van der Waals surface area contributed by atoms with Gasteiger partial charge in [0.25, 0.3) is 5.56 Å². The minimum atomic E-state index is -3.58. The highest BCUT2D eigenvalue weighted by Crippen LogP contribution is 1.98. The third kappa shape index (κ3) is 2.88. The standard InChI is InChI=1S/C7H8N2O5S/c1-15(13,14)7-8-3-4(2-5(10)11)6(12)9-7/h3H,2H2,1H3,(H,10,11)(H,8,9,12). The minimum absolute atomic E-state index is 0.0881. The second-order valence-corrected chi connectivity index (χ2v) is 4.82. The lowest BCUT2D eigenvalue weighted by molar-refractivity contribution is -0.136. The van der Waals surface area contributed by atoms with E-state index in [4.69, 9.17) is 5.11 Å². The van der Waals surface area contributed by atoms with Crippen LogP contribution in [-0.4, -0.2) is 35.7 Å². The van der Waals surface area contributed by atoms with Crippen LogP contribution in [0.1, 0.15) is 5.56 Å². The molecule has 0 atom stereocenters. The molecule has 0 unspecified atom stereocenters. The Balaban J connectivity index is 3.21. The van der Waals surface area contributed by atoms with Crippen molar-refractivity contribution in [3.05, 3.63) is 22.1 Å². The molecule has 0 spiro atoms. The lowest BCUT2D eigenvalue weighted by Crippen LogP contribution is -2.20. The number of hydrogen-bond donors (Lipinski definition) is 2. The van der Waals surface area contributed by atoms with Crippen molar-refractivity contribution >= 4 is 15.8 Å². The van der Waals surface area contributed by atoms with E-state index in [-0.39, 0.29) is 5.56 Å². The van der Waals surface area contributed by atoms with Crippen LogP contribution in [0.3, 0.4) is 0 Å². The maximum absolute atomic E-state index is 11.2. The van der Waals surface area contributed by atoms with Gasteiger partial charge in [-0.2, -0.15) is 0 Å². The maximum Gasteiger partial charge on any atom is 0.308 e. The molecule has 0 radical (unpaired) electrons. The number of carbonyl (C=O) groups is 1. The topological polar surface area (TPSA) is 117 Å². The quantitative estimate of drug-likeness (QED) is 0.632. The number of nitrogens with zero attached hydrogens (tertiary/aromatic N) is 1. The molecule has 0 aromatic carbocycles. The minimum Gasteiger partial charge on any atom is -0.481 e. The van der Waals surface area contributed by atoms with Crippen molar-refractivity contribution in [1.29, 1.82) is 0 Å². The summed E-state index contributed by atoms with van der Waals surface area (Å²) in [5.74, 6) is -1.19. The molecule has 1 rings (SSSR count). The Morgan fingerprint density at radius 1 is 1.60 bits per heavy atom. The average molecular weight is 232 g/mol. The van der Waals surface area contributed by atoms with E-state index in [1.165, 1.54) is 0 Å². The number of H-pyrrole nitrogens is 1.